The third-order valence-corrected chi connectivity index (χ3v) is 7.94. The second kappa shape index (κ2) is 9.66. The van der Waals surface area contributed by atoms with Gasteiger partial charge in [-0.05, 0) is 85.8 Å². The highest BCUT2D eigenvalue weighted by Gasteiger charge is 2.46. The molecule has 0 amide bonds. The van der Waals surface area contributed by atoms with Crippen LogP contribution in [0, 0.1) is 17.3 Å². The SMILES string of the molecule is C=C1C(=CC=C2CCC[C@]3(C)C([C@H](C)OCC(=O)OCC4CC4)=CC[C@@H]23)C[C@@H](O)C[C@@H]1O. The van der Waals surface area contributed by atoms with Crippen molar-refractivity contribution in [2.75, 3.05) is 13.2 Å². The summed E-state index contributed by atoms with van der Waals surface area (Å²) in [5, 5.41) is 20.1. The molecule has 0 unspecified atom stereocenters. The fraction of sp³-hybridized carbons (Fsp3) is 0.667. The molecule has 0 aliphatic heterocycles. The maximum Gasteiger partial charge on any atom is 0.332 e. The third kappa shape index (κ3) is 5.11. The molecule has 5 nitrogen and oxygen atoms in total. The monoisotopic (exact) mass is 442 g/mol. The van der Waals surface area contributed by atoms with Crippen LogP contribution in [0.2, 0.25) is 0 Å². The molecule has 3 fully saturated rings. The van der Waals surface area contributed by atoms with E-state index in [1.165, 1.54) is 24.0 Å². The first kappa shape index (κ1) is 23.5. The molecule has 2 N–H and O–H groups in total. The van der Waals surface area contributed by atoms with Crippen LogP contribution in [0.5, 0.6) is 0 Å². The standard InChI is InChI=1S/C27H38O5/c1-17-21(13-22(28)14-25(17)29)9-8-20-5-4-12-27(3)23(10-11-24(20)27)18(2)31-16-26(30)32-15-19-6-7-19/h8-10,18-19,22,24-25,28-29H,1,4-7,11-16H2,2-3H3/t18-,22+,24-,25-,27+/m0/s1. The Morgan fingerprint density at radius 2 is 2.12 bits per heavy atom. The Bertz CT molecular complexity index is 833. The fourth-order valence-corrected chi connectivity index (χ4v) is 5.77. The maximum atomic E-state index is 12.0. The minimum Gasteiger partial charge on any atom is -0.464 e. The van der Waals surface area contributed by atoms with E-state index in [4.69, 9.17) is 9.47 Å². The molecule has 4 aliphatic carbocycles. The second-order valence-corrected chi connectivity index (χ2v) is 10.4. The average molecular weight is 443 g/mol. The maximum absolute atomic E-state index is 12.0. The van der Waals surface area contributed by atoms with Gasteiger partial charge in [0, 0.05) is 6.42 Å². The van der Waals surface area contributed by atoms with Gasteiger partial charge in [-0.2, -0.15) is 0 Å². The molecule has 5 heteroatoms. The minimum absolute atomic E-state index is 0.00747. The summed E-state index contributed by atoms with van der Waals surface area (Å²) in [7, 11) is 0. The third-order valence-electron chi connectivity index (χ3n) is 7.94. The predicted molar refractivity (Wildman–Crippen MR) is 124 cm³/mol. The molecule has 0 bridgehead atoms. The minimum atomic E-state index is -0.659. The predicted octanol–water partition coefficient (Wildman–Crippen LogP) is 4.41. The Balaban J connectivity index is 1.39. The molecule has 3 saturated carbocycles. The molecule has 32 heavy (non-hydrogen) atoms. The van der Waals surface area contributed by atoms with Gasteiger partial charge in [-0.3, -0.25) is 0 Å². The first-order chi connectivity index (χ1) is 15.3. The summed E-state index contributed by atoms with van der Waals surface area (Å²) < 4.78 is 11.2. The lowest BCUT2D eigenvalue weighted by Crippen LogP contribution is -2.35. The zero-order chi connectivity index (χ0) is 22.9. The van der Waals surface area contributed by atoms with Crippen molar-refractivity contribution < 1.29 is 24.5 Å². The number of carbonyl (C=O) groups excluding carboxylic acids is 1. The fourth-order valence-electron chi connectivity index (χ4n) is 5.77. The molecule has 5 atom stereocenters. The molecule has 4 aliphatic rings. The van der Waals surface area contributed by atoms with Crippen LogP contribution in [0.25, 0.3) is 0 Å². The molecule has 0 aromatic heterocycles. The van der Waals surface area contributed by atoms with Crippen molar-refractivity contribution in [1.82, 2.24) is 0 Å². The quantitative estimate of drug-likeness (QED) is 0.451. The Kier molecular flexibility index (Phi) is 7.09. The van der Waals surface area contributed by atoms with Crippen molar-refractivity contribution in [2.24, 2.45) is 17.3 Å². The molecule has 0 saturated heterocycles. The number of esters is 1. The van der Waals surface area contributed by atoms with Gasteiger partial charge in [0.1, 0.15) is 6.61 Å². The highest BCUT2D eigenvalue weighted by molar-refractivity contribution is 5.70. The van der Waals surface area contributed by atoms with E-state index >= 15 is 0 Å². The summed E-state index contributed by atoms with van der Waals surface area (Å²) in [6, 6.07) is 0. The summed E-state index contributed by atoms with van der Waals surface area (Å²) in [5.74, 6) is 0.716. The van der Waals surface area contributed by atoms with Crippen molar-refractivity contribution in [3.05, 3.63) is 47.1 Å². The molecular weight excluding hydrogens is 404 g/mol. The zero-order valence-electron chi connectivity index (χ0n) is 19.5. The summed E-state index contributed by atoms with van der Waals surface area (Å²) in [4.78, 5) is 12.0. The van der Waals surface area contributed by atoms with Crippen molar-refractivity contribution in [1.29, 1.82) is 0 Å². The summed E-state index contributed by atoms with van der Waals surface area (Å²) in [6.45, 7) is 8.94. The highest BCUT2D eigenvalue weighted by atomic mass is 16.6. The number of aliphatic hydroxyl groups excluding tert-OH is 2. The number of hydrogen-bond acceptors (Lipinski definition) is 5. The topological polar surface area (TPSA) is 76.0 Å². The summed E-state index contributed by atoms with van der Waals surface area (Å²) in [6.07, 6.45) is 12.8. The van der Waals surface area contributed by atoms with E-state index in [0.717, 1.165) is 36.8 Å². The van der Waals surface area contributed by atoms with Gasteiger partial charge in [-0.25, -0.2) is 4.79 Å². The number of hydrogen-bond donors (Lipinski definition) is 2. The zero-order valence-corrected chi connectivity index (χ0v) is 19.5. The van der Waals surface area contributed by atoms with Crippen LogP contribution < -0.4 is 0 Å². The van der Waals surface area contributed by atoms with Gasteiger partial charge in [0.25, 0.3) is 0 Å². The Morgan fingerprint density at radius 3 is 2.88 bits per heavy atom. The molecule has 0 spiro atoms. The molecule has 0 aromatic carbocycles. The van der Waals surface area contributed by atoms with Gasteiger partial charge < -0.3 is 19.7 Å². The van der Waals surface area contributed by atoms with Crippen molar-refractivity contribution in [2.45, 2.75) is 83.5 Å². The van der Waals surface area contributed by atoms with E-state index in [2.05, 4.69) is 31.7 Å². The Hall–Kier alpha value is -1.69. The van der Waals surface area contributed by atoms with Gasteiger partial charge in [-0.15, -0.1) is 0 Å². The number of aliphatic hydroxyl groups is 2. The first-order valence-corrected chi connectivity index (χ1v) is 12.2. The normalized spacial score (nSPS) is 36.2. The number of carbonyl (C=O) groups is 1. The van der Waals surface area contributed by atoms with Crippen LogP contribution in [0.1, 0.15) is 65.2 Å². The number of allylic oxidation sites excluding steroid dienone is 4. The van der Waals surface area contributed by atoms with E-state index in [1.54, 1.807) is 0 Å². The average Bonchev–Trinajstić information content (AvgIpc) is 3.51. The van der Waals surface area contributed by atoms with Crippen LogP contribution in [0.15, 0.2) is 47.1 Å². The van der Waals surface area contributed by atoms with E-state index < -0.39 is 12.2 Å². The second-order valence-electron chi connectivity index (χ2n) is 10.4. The Morgan fingerprint density at radius 1 is 1.34 bits per heavy atom. The van der Waals surface area contributed by atoms with Crippen LogP contribution in [-0.4, -0.2) is 47.7 Å². The molecule has 176 valence electrons. The first-order valence-electron chi connectivity index (χ1n) is 12.2. The number of fused-ring (bicyclic) bond motifs is 1. The van der Waals surface area contributed by atoms with Crippen molar-refractivity contribution in [3.8, 4) is 0 Å². The summed E-state index contributed by atoms with van der Waals surface area (Å²) in [5.41, 5.74) is 4.41. The van der Waals surface area contributed by atoms with Crippen LogP contribution in [-0.2, 0) is 14.3 Å². The lowest BCUT2D eigenvalue weighted by atomic mass is 9.63. The largest absolute Gasteiger partial charge is 0.464 e. The van der Waals surface area contributed by atoms with E-state index in [1.807, 2.05) is 6.92 Å². The van der Waals surface area contributed by atoms with Crippen LogP contribution >= 0.6 is 0 Å². The highest BCUT2D eigenvalue weighted by Crippen LogP contribution is 2.55. The van der Waals surface area contributed by atoms with Crippen LogP contribution in [0.4, 0.5) is 0 Å². The van der Waals surface area contributed by atoms with E-state index in [0.29, 0.717) is 31.3 Å². The van der Waals surface area contributed by atoms with Gasteiger partial charge in [0.15, 0.2) is 0 Å². The molecule has 0 radical (unpaired) electrons. The number of ether oxygens (including phenoxy) is 2. The summed E-state index contributed by atoms with van der Waals surface area (Å²) >= 11 is 0. The number of rotatable bonds is 7. The van der Waals surface area contributed by atoms with Crippen LogP contribution in [0.3, 0.4) is 0 Å². The molecular formula is C27H38O5. The molecule has 0 aromatic rings. The lowest BCUT2D eigenvalue weighted by Gasteiger charge is -2.42. The van der Waals surface area contributed by atoms with Gasteiger partial charge in [-0.1, -0.05) is 37.3 Å². The Labute approximate surface area is 191 Å². The van der Waals surface area contributed by atoms with Crippen molar-refractivity contribution in [3.63, 3.8) is 0 Å². The lowest BCUT2D eigenvalue weighted by molar-refractivity contribution is -0.150. The smallest absolute Gasteiger partial charge is 0.332 e. The van der Waals surface area contributed by atoms with Gasteiger partial charge in [0.05, 0.1) is 24.9 Å². The van der Waals surface area contributed by atoms with Gasteiger partial charge >= 0.3 is 5.97 Å². The van der Waals surface area contributed by atoms with E-state index in [9.17, 15) is 15.0 Å². The molecule has 4 rings (SSSR count). The van der Waals surface area contributed by atoms with Crippen molar-refractivity contribution >= 4 is 5.97 Å². The molecule has 0 heterocycles. The van der Waals surface area contributed by atoms with Gasteiger partial charge in [0.2, 0.25) is 0 Å². The van der Waals surface area contributed by atoms with E-state index in [-0.39, 0.29) is 24.1 Å².